The van der Waals surface area contributed by atoms with Crippen molar-refractivity contribution in [3.8, 4) is 0 Å². The molecule has 3 amide bonds. The Hall–Kier alpha value is -1.90. The van der Waals surface area contributed by atoms with Gasteiger partial charge in [-0.25, -0.2) is 0 Å². The SMILES string of the molecule is Cn1c(CCC(N)=O)nnc1SCC(=O)N1CCCC1=O. The summed E-state index contributed by atoms with van der Waals surface area (Å²) in [5, 5.41) is 8.53. The van der Waals surface area contributed by atoms with Crippen molar-refractivity contribution in [2.45, 2.75) is 30.8 Å². The van der Waals surface area contributed by atoms with Crippen LogP contribution in [0.25, 0.3) is 0 Å². The number of imide groups is 1. The van der Waals surface area contributed by atoms with Gasteiger partial charge in [-0.1, -0.05) is 11.8 Å². The topological polar surface area (TPSA) is 111 Å². The van der Waals surface area contributed by atoms with E-state index in [1.807, 2.05) is 0 Å². The minimum Gasteiger partial charge on any atom is -0.370 e. The number of primary amides is 1. The van der Waals surface area contributed by atoms with Gasteiger partial charge in [-0.15, -0.1) is 10.2 Å². The quantitative estimate of drug-likeness (QED) is 0.707. The number of nitrogens with two attached hydrogens (primary N) is 1. The molecule has 0 spiro atoms. The van der Waals surface area contributed by atoms with Gasteiger partial charge >= 0.3 is 0 Å². The molecule has 8 nitrogen and oxygen atoms in total. The first-order chi connectivity index (χ1) is 9.99. The summed E-state index contributed by atoms with van der Waals surface area (Å²) in [6.07, 6.45) is 1.80. The summed E-state index contributed by atoms with van der Waals surface area (Å²) in [5.41, 5.74) is 5.09. The van der Waals surface area contributed by atoms with Gasteiger partial charge in [-0.2, -0.15) is 0 Å². The van der Waals surface area contributed by atoms with Crippen molar-refractivity contribution in [2.75, 3.05) is 12.3 Å². The highest BCUT2D eigenvalue weighted by molar-refractivity contribution is 7.99. The Balaban J connectivity index is 1.90. The van der Waals surface area contributed by atoms with Gasteiger partial charge in [0.15, 0.2) is 5.16 Å². The number of nitrogens with zero attached hydrogens (tertiary/aromatic N) is 4. The monoisotopic (exact) mass is 311 g/mol. The van der Waals surface area contributed by atoms with Gasteiger partial charge in [0.1, 0.15) is 5.82 Å². The summed E-state index contributed by atoms with van der Waals surface area (Å²) in [4.78, 5) is 35.4. The number of thioether (sulfide) groups is 1. The summed E-state index contributed by atoms with van der Waals surface area (Å²) < 4.78 is 1.73. The second kappa shape index (κ2) is 6.70. The van der Waals surface area contributed by atoms with Crippen LogP contribution in [0.3, 0.4) is 0 Å². The second-order valence-corrected chi connectivity index (χ2v) is 5.70. The first-order valence-electron chi connectivity index (χ1n) is 6.61. The number of likely N-dealkylation sites (tertiary alicyclic amines) is 1. The van der Waals surface area contributed by atoms with Crippen LogP contribution in [0, 0.1) is 0 Å². The zero-order chi connectivity index (χ0) is 15.4. The molecule has 0 aromatic carbocycles. The molecule has 0 saturated carbocycles. The Labute approximate surface area is 126 Å². The maximum absolute atomic E-state index is 11.9. The number of carbonyl (C=O) groups is 3. The van der Waals surface area contributed by atoms with Crippen LogP contribution in [-0.2, 0) is 27.9 Å². The Morgan fingerprint density at radius 3 is 2.76 bits per heavy atom. The molecule has 0 unspecified atom stereocenters. The van der Waals surface area contributed by atoms with Crippen molar-refractivity contribution < 1.29 is 14.4 Å². The highest BCUT2D eigenvalue weighted by Crippen LogP contribution is 2.18. The molecule has 0 atom stereocenters. The van der Waals surface area contributed by atoms with Gasteiger partial charge < -0.3 is 10.3 Å². The van der Waals surface area contributed by atoms with Crippen LogP contribution in [0.5, 0.6) is 0 Å². The molecule has 1 aromatic heterocycles. The van der Waals surface area contributed by atoms with E-state index in [0.29, 0.717) is 30.4 Å². The maximum atomic E-state index is 11.9. The number of hydrogen-bond acceptors (Lipinski definition) is 6. The smallest absolute Gasteiger partial charge is 0.239 e. The van der Waals surface area contributed by atoms with Crippen molar-refractivity contribution in [3.63, 3.8) is 0 Å². The molecule has 2 heterocycles. The number of aromatic nitrogens is 3. The van der Waals surface area contributed by atoms with E-state index in [2.05, 4.69) is 10.2 Å². The maximum Gasteiger partial charge on any atom is 0.239 e. The van der Waals surface area contributed by atoms with Crippen LogP contribution in [0.2, 0.25) is 0 Å². The predicted molar refractivity (Wildman–Crippen MR) is 75.2 cm³/mol. The lowest BCUT2D eigenvalue weighted by Crippen LogP contribution is -2.33. The summed E-state index contributed by atoms with van der Waals surface area (Å²) in [6.45, 7) is 0.501. The minimum absolute atomic E-state index is 0.110. The molecule has 1 saturated heterocycles. The molecule has 0 bridgehead atoms. The molecule has 2 rings (SSSR count). The molecule has 1 aliphatic heterocycles. The number of amides is 3. The summed E-state index contributed by atoms with van der Waals surface area (Å²) in [5.74, 6) is 0.0777. The van der Waals surface area contributed by atoms with Gasteiger partial charge in [0.2, 0.25) is 17.7 Å². The Morgan fingerprint density at radius 2 is 2.14 bits per heavy atom. The van der Waals surface area contributed by atoms with E-state index in [-0.39, 0.29) is 24.0 Å². The third-order valence-corrected chi connectivity index (χ3v) is 4.22. The summed E-state index contributed by atoms with van der Waals surface area (Å²) >= 11 is 1.23. The second-order valence-electron chi connectivity index (χ2n) is 4.76. The molecular weight excluding hydrogens is 294 g/mol. The largest absolute Gasteiger partial charge is 0.370 e. The van der Waals surface area contributed by atoms with Gasteiger partial charge in [0.05, 0.1) is 5.75 Å². The fraction of sp³-hybridized carbons (Fsp3) is 0.583. The average Bonchev–Trinajstić information content (AvgIpc) is 3.00. The Bertz CT molecular complexity index is 571. The molecular formula is C12H17N5O3S. The van der Waals surface area contributed by atoms with Crippen molar-refractivity contribution in [3.05, 3.63) is 5.82 Å². The van der Waals surface area contributed by atoms with E-state index in [0.717, 1.165) is 6.42 Å². The third kappa shape index (κ3) is 3.81. The van der Waals surface area contributed by atoms with Crippen LogP contribution < -0.4 is 5.73 Å². The fourth-order valence-electron chi connectivity index (χ4n) is 2.04. The Morgan fingerprint density at radius 1 is 1.38 bits per heavy atom. The molecule has 21 heavy (non-hydrogen) atoms. The molecule has 0 radical (unpaired) electrons. The molecule has 9 heteroatoms. The van der Waals surface area contributed by atoms with Gasteiger partial charge in [-0.05, 0) is 6.42 Å². The Kier molecular flexibility index (Phi) is 4.94. The van der Waals surface area contributed by atoms with Crippen molar-refractivity contribution in [1.29, 1.82) is 0 Å². The highest BCUT2D eigenvalue weighted by atomic mass is 32.2. The lowest BCUT2D eigenvalue weighted by molar-refractivity contribution is -0.140. The van der Waals surface area contributed by atoms with E-state index in [4.69, 9.17) is 5.73 Å². The lowest BCUT2D eigenvalue weighted by Gasteiger charge is -2.12. The van der Waals surface area contributed by atoms with Crippen LogP contribution in [-0.4, -0.2) is 49.7 Å². The van der Waals surface area contributed by atoms with Crippen LogP contribution in [0.1, 0.15) is 25.1 Å². The number of carbonyl (C=O) groups excluding carboxylic acids is 3. The van der Waals surface area contributed by atoms with Gasteiger partial charge in [0.25, 0.3) is 0 Å². The van der Waals surface area contributed by atoms with E-state index in [1.165, 1.54) is 16.7 Å². The van der Waals surface area contributed by atoms with E-state index >= 15 is 0 Å². The molecule has 1 aromatic rings. The standard InChI is InChI=1S/C12H17N5O3S/c1-16-9(5-4-8(13)18)14-15-12(16)21-7-11(20)17-6-2-3-10(17)19/h2-7H2,1H3,(H2,13,18). The van der Waals surface area contributed by atoms with Gasteiger partial charge in [0, 0.05) is 32.9 Å². The normalized spacial score (nSPS) is 14.7. The van der Waals surface area contributed by atoms with E-state index in [9.17, 15) is 14.4 Å². The van der Waals surface area contributed by atoms with Gasteiger partial charge in [-0.3, -0.25) is 19.3 Å². The highest BCUT2D eigenvalue weighted by Gasteiger charge is 2.26. The average molecular weight is 311 g/mol. The van der Waals surface area contributed by atoms with Crippen molar-refractivity contribution in [1.82, 2.24) is 19.7 Å². The zero-order valence-electron chi connectivity index (χ0n) is 11.7. The van der Waals surface area contributed by atoms with E-state index < -0.39 is 5.91 Å². The third-order valence-electron chi connectivity index (χ3n) is 3.22. The summed E-state index contributed by atoms with van der Waals surface area (Å²) in [6, 6.07) is 0. The molecule has 114 valence electrons. The molecule has 2 N–H and O–H groups in total. The van der Waals surface area contributed by atoms with Crippen LogP contribution in [0.15, 0.2) is 5.16 Å². The molecule has 0 aliphatic carbocycles. The number of hydrogen-bond donors (Lipinski definition) is 1. The minimum atomic E-state index is -0.394. The first-order valence-corrected chi connectivity index (χ1v) is 7.60. The van der Waals surface area contributed by atoms with Crippen molar-refractivity contribution in [2.24, 2.45) is 12.8 Å². The number of aryl methyl sites for hydroxylation is 1. The van der Waals surface area contributed by atoms with Crippen LogP contribution in [0.4, 0.5) is 0 Å². The molecule has 1 aliphatic rings. The fourth-order valence-corrected chi connectivity index (χ4v) is 2.85. The predicted octanol–water partition coefficient (Wildman–Crippen LogP) is -0.526. The lowest BCUT2D eigenvalue weighted by atomic mass is 10.3. The van der Waals surface area contributed by atoms with Crippen molar-refractivity contribution >= 4 is 29.5 Å². The molecule has 1 fully saturated rings. The summed E-state index contributed by atoms with van der Waals surface area (Å²) in [7, 11) is 1.77. The van der Waals surface area contributed by atoms with E-state index in [1.54, 1.807) is 11.6 Å². The van der Waals surface area contributed by atoms with Crippen LogP contribution >= 0.6 is 11.8 Å². The zero-order valence-corrected chi connectivity index (χ0v) is 12.6. The number of rotatable bonds is 6. The first kappa shape index (κ1) is 15.5.